The maximum absolute atomic E-state index is 6.80. The van der Waals surface area contributed by atoms with Gasteiger partial charge < -0.3 is 10.2 Å². The number of nitrogen functional groups attached to an aromatic ring is 1. The maximum atomic E-state index is 6.80. The van der Waals surface area contributed by atoms with Crippen molar-refractivity contribution in [2.75, 3.05) is 5.73 Å². The van der Waals surface area contributed by atoms with Gasteiger partial charge in [-0.05, 0) is 73.6 Å². The van der Waals surface area contributed by atoms with Crippen molar-refractivity contribution < 1.29 is 4.42 Å². The lowest BCUT2D eigenvalue weighted by atomic mass is 9.95. The number of nitrogens with zero attached hydrogens (tertiary/aromatic N) is 1. The van der Waals surface area contributed by atoms with E-state index < -0.39 is 0 Å². The molecule has 2 aromatic heterocycles. The molecule has 7 aromatic carbocycles. The fourth-order valence-electron chi connectivity index (χ4n) is 6.95. The quantitative estimate of drug-likeness (QED) is 0.119. The molecule has 3 nitrogen and oxygen atoms in total. The Hall–Kier alpha value is -6.45. The Labute approximate surface area is 277 Å². The van der Waals surface area contributed by atoms with Crippen LogP contribution in [0.4, 0.5) is 5.69 Å². The molecular weight excluding hydrogens is 585 g/mol. The van der Waals surface area contributed by atoms with Gasteiger partial charge in [0.2, 0.25) is 0 Å². The number of allylic oxidation sites excluding steroid dienone is 2. The van der Waals surface area contributed by atoms with Gasteiger partial charge in [0, 0.05) is 21.7 Å². The van der Waals surface area contributed by atoms with Crippen LogP contribution in [0.2, 0.25) is 0 Å². The molecule has 0 spiro atoms. The highest BCUT2D eigenvalue weighted by atomic mass is 16.3. The Balaban J connectivity index is 1.03. The molecule has 0 radical (unpaired) electrons. The first-order valence-corrected chi connectivity index (χ1v) is 16.1. The number of fused-ring (bicyclic) bond motifs is 7. The highest BCUT2D eigenvalue weighted by Crippen LogP contribution is 2.38. The summed E-state index contributed by atoms with van der Waals surface area (Å²) in [6, 6.07) is 50.6. The molecule has 0 saturated carbocycles. The number of anilines is 1. The van der Waals surface area contributed by atoms with Crippen LogP contribution in [0.3, 0.4) is 0 Å². The van der Waals surface area contributed by atoms with Crippen LogP contribution in [0.25, 0.3) is 88.4 Å². The molecule has 3 heteroatoms. The Morgan fingerprint density at radius 3 is 2.17 bits per heavy atom. The minimum atomic E-state index is 0.652. The Morgan fingerprint density at radius 2 is 1.31 bits per heavy atom. The SMILES string of the molecule is C=C(/C=C\c1ccc2ccc(-c3cc4ccccc4c4ccccc34)nc2c1N)c1ccc(-c2cccc3oc4ccccc4c23)cc1. The number of aromatic nitrogens is 1. The molecule has 0 bridgehead atoms. The van der Waals surface area contributed by atoms with Crippen molar-refractivity contribution in [1.82, 2.24) is 4.98 Å². The fourth-order valence-corrected chi connectivity index (χ4v) is 6.95. The molecule has 2 heterocycles. The van der Waals surface area contributed by atoms with E-state index in [2.05, 4.69) is 122 Å². The molecular formula is C45H30N2O. The van der Waals surface area contributed by atoms with Crippen LogP contribution in [-0.4, -0.2) is 4.98 Å². The van der Waals surface area contributed by atoms with Gasteiger partial charge in [-0.2, -0.15) is 0 Å². The second-order valence-electron chi connectivity index (χ2n) is 12.2. The van der Waals surface area contributed by atoms with E-state index in [1.807, 2.05) is 42.5 Å². The second kappa shape index (κ2) is 11.1. The van der Waals surface area contributed by atoms with Gasteiger partial charge in [-0.3, -0.25) is 0 Å². The molecule has 0 atom stereocenters. The highest BCUT2D eigenvalue weighted by molar-refractivity contribution is 6.14. The molecule has 0 aliphatic carbocycles. The molecule has 2 N–H and O–H groups in total. The molecule has 226 valence electrons. The molecule has 0 unspecified atom stereocenters. The summed E-state index contributed by atoms with van der Waals surface area (Å²) in [7, 11) is 0. The van der Waals surface area contributed by atoms with Crippen LogP contribution < -0.4 is 5.73 Å². The fraction of sp³-hybridized carbons (Fsp3) is 0. The summed E-state index contributed by atoms with van der Waals surface area (Å²) < 4.78 is 6.11. The third kappa shape index (κ3) is 4.56. The third-order valence-electron chi connectivity index (χ3n) is 9.41. The lowest BCUT2D eigenvalue weighted by molar-refractivity contribution is 0.669. The molecule has 0 fully saturated rings. The third-order valence-corrected chi connectivity index (χ3v) is 9.41. The van der Waals surface area contributed by atoms with E-state index >= 15 is 0 Å². The summed E-state index contributed by atoms with van der Waals surface area (Å²) in [6.07, 6.45) is 4.06. The van der Waals surface area contributed by atoms with Crippen LogP contribution in [0.15, 0.2) is 163 Å². The Morgan fingerprint density at radius 1 is 0.604 bits per heavy atom. The molecule has 0 aliphatic heterocycles. The van der Waals surface area contributed by atoms with Crippen LogP contribution in [0.1, 0.15) is 11.1 Å². The zero-order valence-electron chi connectivity index (χ0n) is 26.2. The number of hydrogen-bond donors (Lipinski definition) is 1. The maximum Gasteiger partial charge on any atom is 0.136 e. The first-order chi connectivity index (χ1) is 23.6. The van der Waals surface area contributed by atoms with E-state index in [0.29, 0.717) is 5.69 Å². The predicted molar refractivity (Wildman–Crippen MR) is 204 cm³/mol. The summed E-state index contributed by atoms with van der Waals surface area (Å²) in [6.45, 7) is 4.37. The number of nitrogens with two attached hydrogens (primary N) is 1. The number of rotatable bonds is 5. The summed E-state index contributed by atoms with van der Waals surface area (Å²) in [4.78, 5) is 5.13. The van der Waals surface area contributed by atoms with Crippen LogP contribution in [0, 0.1) is 0 Å². The summed E-state index contributed by atoms with van der Waals surface area (Å²) in [5.74, 6) is 0. The first-order valence-electron chi connectivity index (χ1n) is 16.1. The Kier molecular flexibility index (Phi) is 6.44. The first kappa shape index (κ1) is 27.8. The van der Waals surface area contributed by atoms with Gasteiger partial charge >= 0.3 is 0 Å². The van der Waals surface area contributed by atoms with Crippen molar-refractivity contribution in [3.8, 4) is 22.4 Å². The zero-order chi connectivity index (χ0) is 32.2. The lowest BCUT2D eigenvalue weighted by Gasteiger charge is -2.12. The van der Waals surface area contributed by atoms with E-state index in [-0.39, 0.29) is 0 Å². The van der Waals surface area contributed by atoms with Crippen LogP contribution >= 0.6 is 0 Å². The number of furan rings is 1. The average molecular weight is 615 g/mol. The predicted octanol–water partition coefficient (Wildman–Crippen LogP) is 12.1. The summed E-state index contributed by atoms with van der Waals surface area (Å²) in [5.41, 5.74) is 17.2. The second-order valence-corrected chi connectivity index (χ2v) is 12.2. The Bertz CT molecular complexity index is 2750. The van der Waals surface area contributed by atoms with Crippen LogP contribution in [0.5, 0.6) is 0 Å². The number of pyridine rings is 1. The zero-order valence-corrected chi connectivity index (χ0v) is 26.2. The number of hydrogen-bond acceptors (Lipinski definition) is 3. The average Bonchev–Trinajstić information content (AvgIpc) is 3.53. The molecule has 0 saturated heterocycles. The van der Waals surface area contributed by atoms with Crippen molar-refractivity contribution in [3.05, 3.63) is 169 Å². The molecule has 0 amide bonds. The van der Waals surface area contributed by atoms with Crippen molar-refractivity contribution >= 4 is 71.7 Å². The molecule has 9 aromatic rings. The summed E-state index contributed by atoms with van der Waals surface area (Å²) >= 11 is 0. The van der Waals surface area contributed by atoms with E-state index in [0.717, 1.165) is 71.9 Å². The minimum Gasteiger partial charge on any atom is -0.456 e. The lowest BCUT2D eigenvalue weighted by Crippen LogP contribution is -1.95. The van der Waals surface area contributed by atoms with Crippen molar-refractivity contribution in [3.63, 3.8) is 0 Å². The number of para-hydroxylation sites is 1. The van der Waals surface area contributed by atoms with Crippen LogP contribution in [-0.2, 0) is 0 Å². The molecule has 48 heavy (non-hydrogen) atoms. The van der Waals surface area contributed by atoms with Gasteiger partial charge in [-0.15, -0.1) is 0 Å². The van der Waals surface area contributed by atoms with Crippen molar-refractivity contribution in [2.24, 2.45) is 0 Å². The van der Waals surface area contributed by atoms with Gasteiger partial charge in [0.1, 0.15) is 11.2 Å². The summed E-state index contributed by atoms with van der Waals surface area (Å²) in [5, 5.41) is 8.09. The normalized spacial score (nSPS) is 11.8. The smallest absolute Gasteiger partial charge is 0.136 e. The largest absolute Gasteiger partial charge is 0.456 e. The van der Waals surface area contributed by atoms with Crippen molar-refractivity contribution in [2.45, 2.75) is 0 Å². The van der Waals surface area contributed by atoms with E-state index in [4.69, 9.17) is 15.1 Å². The highest BCUT2D eigenvalue weighted by Gasteiger charge is 2.14. The van der Waals surface area contributed by atoms with Gasteiger partial charge in [-0.25, -0.2) is 4.98 Å². The molecule has 0 aliphatic rings. The van der Waals surface area contributed by atoms with Gasteiger partial charge in [0.25, 0.3) is 0 Å². The monoisotopic (exact) mass is 614 g/mol. The molecule has 9 rings (SSSR count). The van der Waals surface area contributed by atoms with Gasteiger partial charge in [0.05, 0.1) is 16.9 Å². The number of benzene rings is 7. The van der Waals surface area contributed by atoms with Gasteiger partial charge in [-0.1, -0.05) is 140 Å². The minimum absolute atomic E-state index is 0.652. The van der Waals surface area contributed by atoms with Crippen molar-refractivity contribution in [1.29, 1.82) is 0 Å². The topological polar surface area (TPSA) is 52.0 Å². The van der Waals surface area contributed by atoms with Gasteiger partial charge in [0.15, 0.2) is 0 Å². The van der Waals surface area contributed by atoms with E-state index in [9.17, 15) is 0 Å². The standard InChI is InChI=1S/C45H30N2O/c1-28(29-19-21-30(22-20-29)35-14-8-16-42-43(35)38-13-6-7-15-41(38)48-42)17-18-31-23-24-32-25-26-40(47-45(32)44(31)46)39-27-33-9-2-3-10-34(33)36-11-4-5-12-37(36)39/h2-27H,1,46H2/b18-17-. The van der Waals surface area contributed by atoms with E-state index in [1.54, 1.807) is 0 Å². The van der Waals surface area contributed by atoms with E-state index in [1.165, 1.54) is 21.5 Å².